The Kier molecular flexibility index (Phi) is 5.96. The summed E-state index contributed by atoms with van der Waals surface area (Å²) in [5.74, 6) is 5.20. The molecule has 18 heavy (non-hydrogen) atoms. The summed E-state index contributed by atoms with van der Waals surface area (Å²) < 4.78 is 6.95. The van der Waals surface area contributed by atoms with Gasteiger partial charge >= 0.3 is 5.97 Å². The summed E-state index contributed by atoms with van der Waals surface area (Å²) >= 11 is 6.75. The second-order valence-electron chi connectivity index (χ2n) is 3.20. The molecule has 0 amide bonds. The molecule has 94 valence electrons. The number of rotatable bonds is 4. The second-order valence-corrected chi connectivity index (χ2v) is 4.91. The summed E-state index contributed by atoms with van der Waals surface area (Å²) in [6, 6.07) is 3.55. The highest BCUT2D eigenvalue weighted by atomic mass is 79.9. The van der Waals surface area contributed by atoms with Crippen LogP contribution in [0.4, 0.5) is 0 Å². The zero-order valence-corrected chi connectivity index (χ0v) is 12.7. The maximum atomic E-state index is 10.4. The number of carboxylic acid groups (broad SMARTS) is 1. The molecule has 0 radical (unpaired) electrons. The van der Waals surface area contributed by atoms with Crippen molar-refractivity contribution in [2.24, 2.45) is 0 Å². The Morgan fingerprint density at radius 2 is 2.06 bits per heavy atom. The molecular formula is C13H10Br2O3. The number of hydrogen-bond acceptors (Lipinski definition) is 2. The van der Waals surface area contributed by atoms with Crippen LogP contribution < -0.4 is 4.74 Å². The molecule has 0 aliphatic carbocycles. The van der Waals surface area contributed by atoms with E-state index in [1.807, 2.05) is 0 Å². The summed E-state index contributed by atoms with van der Waals surface area (Å²) in [4.78, 5) is 10.4. The van der Waals surface area contributed by atoms with Crippen LogP contribution in [-0.4, -0.2) is 17.7 Å². The van der Waals surface area contributed by atoms with E-state index in [-0.39, 0.29) is 0 Å². The van der Waals surface area contributed by atoms with E-state index in [2.05, 4.69) is 43.7 Å². The van der Waals surface area contributed by atoms with E-state index < -0.39 is 5.97 Å². The minimum absolute atomic E-state index is 0.304. The Morgan fingerprint density at radius 1 is 1.44 bits per heavy atom. The quantitative estimate of drug-likeness (QED) is 0.646. The van der Waals surface area contributed by atoms with Crippen LogP contribution in [0.2, 0.25) is 0 Å². The first-order valence-electron chi connectivity index (χ1n) is 4.97. The maximum absolute atomic E-state index is 10.4. The summed E-state index contributed by atoms with van der Waals surface area (Å²) in [5, 5.41) is 8.56. The van der Waals surface area contributed by atoms with Gasteiger partial charge in [0.2, 0.25) is 0 Å². The molecule has 0 atom stereocenters. The van der Waals surface area contributed by atoms with Crippen molar-refractivity contribution in [3.8, 4) is 17.6 Å². The van der Waals surface area contributed by atoms with Crippen LogP contribution in [0, 0.1) is 11.8 Å². The zero-order chi connectivity index (χ0) is 13.5. The third kappa shape index (κ3) is 4.55. The van der Waals surface area contributed by atoms with Crippen LogP contribution >= 0.6 is 31.9 Å². The first-order valence-corrected chi connectivity index (χ1v) is 6.55. The van der Waals surface area contributed by atoms with Crippen molar-refractivity contribution in [3.05, 3.63) is 32.7 Å². The Balaban J connectivity index is 2.95. The number of aliphatic carboxylic acids is 1. The van der Waals surface area contributed by atoms with Crippen LogP contribution in [0.5, 0.6) is 5.75 Å². The van der Waals surface area contributed by atoms with Gasteiger partial charge in [0.25, 0.3) is 0 Å². The number of benzene rings is 1. The van der Waals surface area contributed by atoms with Gasteiger partial charge in [0.05, 0.1) is 8.95 Å². The molecule has 1 N–H and O–H groups in total. The Labute approximate surface area is 122 Å². The molecule has 1 aromatic carbocycles. The molecule has 3 nitrogen and oxygen atoms in total. The molecule has 5 heteroatoms. The smallest absolute Gasteiger partial charge is 0.328 e. The van der Waals surface area contributed by atoms with Gasteiger partial charge in [0.15, 0.2) is 0 Å². The number of hydrogen-bond donors (Lipinski definition) is 1. The average molecular weight is 374 g/mol. The number of carbonyl (C=O) groups is 1. The van der Waals surface area contributed by atoms with Gasteiger partial charge in [-0.15, -0.1) is 5.92 Å². The zero-order valence-electron chi connectivity index (χ0n) is 9.54. The van der Waals surface area contributed by atoms with Crippen molar-refractivity contribution in [3.63, 3.8) is 0 Å². The van der Waals surface area contributed by atoms with E-state index in [0.29, 0.717) is 12.4 Å². The van der Waals surface area contributed by atoms with Gasteiger partial charge in [-0.05, 0) is 62.6 Å². The van der Waals surface area contributed by atoms with Gasteiger partial charge in [-0.1, -0.05) is 5.92 Å². The predicted octanol–water partition coefficient (Wildman–Crippen LogP) is 3.71. The minimum Gasteiger partial charge on any atom is -0.479 e. The highest BCUT2D eigenvalue weighted by molar-refractivity contribution is 9.11. The first kappa shape index (κ1) is 14.8. The van der Waals surface area contributed by atoms with Gasteiger partial charge in [-0.25, -0.2) is 4.79 Å². The Morgan fingerprint density at radius 3 is 2.56 bits per heavy atom. The summed E-state index contributed by atoms with van der Waals surface area (Å²) in [5.41, 5.74) is 0.755. The van der Waals surface area contributed by atoms with Gasteiger partial charge in [-0.2, -0.15) is 0 Å². The van der Waals surface area contributed by atoms with E-state index in [1.165, 1.54) is 6.08 Å². The molecule has 0 saturated carbocycles. The van der Waals surface area contributed by atoms with Crippen LogP contribution in [0.3, 0.4) is 0 Å². The predicted molar refractivity (Wildman–Crippen MR) is 77.5 cm³/mol. The number of carboxylic acids is 1. The third-order valence-electron chi connectivity index (χ3n) is 1.90. The molecule has 0 fully saturated rings. The fraction of sp³-hybridized carbons (Fsp3) is 0.154. The third-order valence-corrected chi connectivity index (χ3v) is 3.08. The largest absolute Gasteiger partial charge is 0.479 e. The van der Waals surface area contributed by atoms with E-state index in [4.69, 9.17) is 9.84 Å². The lowest BCUT2D eigenvalue weighted by molar-refractivity contribution is -0.131. The molecule has 0 unspecified atom stereocenters. The topological polar surface area (TPSA) is 46.5 Å². The van der Waals surface area contributed by atoms with Gasteiger partial charge in [0, 0.05) is 6.08 Å². The van der Waals surface area contributed by atoms with Crippen LogP contribution in [0.15, 0.2) is 27.2 Å². The van der Waals surface area contributed by atoms with Crippen molar-refractivity contribution in [1.29, 1.82) is 0 Å². The second kappa shape index (κ2) is 7.24. The lowest BCUT2D eigenvalue weighted by atomic mass is 10.2. The van der Waals surface area contributed by atoms with Crippen molar-refractivity contribution < 1.29 is 14.6 Å². The molecule has 1 aromatic rings. The lowest BCUT2D eigenvalue weighted by Crippen LogP contribution is -1.96. The number of halogens is 2. The molecule has 0 aromatic heterocycles. The minimum atomic E-state index is -0.985. The van der Waals surface area contributed by atoms with Crippen molar-refractivity contribution in [2.45, 2.75) is 6.92 Å². The fourth-order valence-corrected chi connectivity index (χ4v) is 2.61. The van der Waals surface area contributed by atoms with Crippen molar-refractivity contribution in [2.75, 3.05) is 6.61 Å². The molecule has 1 rings (SSSR count). The number of ether oxygens (including phenoxy) is 1. The molecule has 0 aliphatic heterocycles. The van der Waals surface area contributed by atoms with Crippen LogP contribution in [0.1, 0.15) is 12.5 Å². The Bertz CT molecular complexity index is 516. The van der Waals surface area contributed by atoms with Gasteiger partial charge < -0.3 is 9.84 Å². The summed E-state index contributed by atoms with van der Waals surface area (Å²) in [6.45, 7) is 2.05. The van der Waals surface area contributed by atoms with E-state index in [9.17, 15) is 4.79 Å². The van der Waals surface area contributed by atoms with Crippen molar-refractivity contribution in [1.82, 2.24) is 0 Å². The maximum Gasteiger partial charge on any atom is 0.328 e. The summed E-state index contributed by atoms with van der Waals surface area (Å²) in [6.07, 6.45) is 2.59. The molecular weight excluding hydrogens is 364 g/mol. The van der Waals surface area contributed by atoms with Gasteiger partial charge in [-0.3, -0.25) is 0 Å². The fourth-order valence-electron chi connectivity index (χ4n) is 1.16. The van der Waals surface area contributed by atoms with Crippen molar-refractivity contribution >= 4 is 43.9 Å². The highest BCUT2D eigenvalue weighted by Crippen LogP contribution is 2.35. The van der Waals surface area contributed by atoms with E-state index in [0.717, 1.165) is 20.6 Å². The first-order chi connectivity index (χ1) is 8.54. The normalized spacial score (nSPS) is 9.94. The molecule has 0 spiro atoms. The Hall–Kier alpha value is -1.25. The monoisotopic (exact) mass is 372 g/mol. The molecule has 0 aliphatic rings. The molecule has 0 saturated heterocycles. The molecule has 0 heterocycles. The molecule has 0 bridgehead atoms. The average Bonchev–Trinajstić information content (AvgIpc) is 2.30. The van der Waals surface area contributed by atoms with Crippen LogP contribution in [-0.2, 0) is 4.79 Å². The SMILES string of the molecule is CC#CCOc1c(Br)cc(/C=C/C(=O)O)cc1Br. The lowest BCUT2D eigenvalue weighted by Gasteiger charge is -2.08. The highest BCUT2D eigenvalue weighted by Gasteiger charge is 2.07. The van der Waals surface area contributed by atoms with E-state index in [1.54, 1.807) is 19.1 Å². The van der Waals surface area contributed by atoms with Gasteiger partial charge in [0.1, 0.15) is 12.4 Å². The standard InChI is InChI=1S/C13H10Br2O3/c1-2-3-6-18-13-10(14)7-9(8-11(13)15)4-5-12(16)17/h4-5,7-8H,6H2,1H3,(H,16,17)/b5-4+. The van der Waals surface area contributed by atoms with E-state index >= 15 is 0 Å². The van der Waals surface area contributed by atoms with Crippen LogP contribution in [0.25, 0.3) is 6.08 Å². The summed E-state index contributed by atoms with van der Waals surface area (Å²) in [7, 11) is 0.